The Morgan fingerprint density at radius 3 is 2.54 bits per heavy atom. The van der Waals surface area contributed by atoms with Crippen LogP contribution in [0.15, 0.2) is 18.3 Å². The van der Waals surface area contributed by atoms with Gasteiger partial charge in [0.25, 0.3) is 10.2 Å². The highest BCUT2D eigenvalue weighted by atomic mass is 32.2. The minimum Gasteiger partial charge on any atom is -0.385 e. The van der Waals surface area contributed by atoms with Crippen LogP contribution in [0, 0.1) is 11.8 Å². The summed E-state index contributed by atoms with van der Waals surface area (Å²) >= 11 is 0. The van der Waals surface area contributed by atoms with Gasteiger partial charge < -0.3 is 5.11 Å². The van der Waals surface area contributed by atoms with Crippen LogP contribution in [-0.2, 0) is 22.0 Å². The largest absolute Gasteiger partial charge is 0.416 e. The van der Waals surface area contributed by atoms with Gasteiger partial charge in [-0.1, -0.05) is 0 Å². The van der Waals surface area contributed by atoms with Crippen LogP contribution in [0.2, 0.25) is 0 Å². The molecule has 4 rings (SSSR count). The maximum absolute atomic E-state index is 13.2. The van der Waals surface area contributed by atoms with Gasteiger partial charge in [-0.15, -0.1) is 0 Å². The number of alkyl halides is 3. The fraction of sp³-hybridized carbons (Fsp3) is 0.533. The van der Waals surface area contributed by atoms with Gasteiger partial charge in [0.1, 0.15) is 0 Å². The highest BCUT2D eigenvalue weighted by molar-refractivity contribution is 7.87. The Labute approximate surface area is 147 Å². The van der Waals surface area contributed by atoms with Gasteiger partial charge in [0.05, 0.1) is 22.9 Å². The summed E-state index contributed by atoms with van der Waals surface area (Å²) in [5.74, 6) is -0.223. The Bertz CT molecular complexity index is 960. The van der Waals surface area contributed by atoms with Crippen molar-refractivity contribution in [2.24, 2.45) is 11.8 Å². The molecule has 1 aromatic heterocycles. The zero-order chi connectivity index (χ0) is 18.9. The minimum absolute atomic E-state index is 0.111. The lowest BCUT2D eigenvalue weighted by Gasteiger charge is -2.28. The van der Waals surface area contributed by atoms with E-state index in [-0.39, 0.29) is 41.8 Å². The van der Waals surface area contributed by atoms with E-state index >= 15 is 0 Å². The van der Waals surface area contributed by atoms with Crippen molar-refractivity contribution in [2.75, 3.05) is 7.05 Å². The Kier molecular flexibility index (Phi) is 3.69. The molecule has 0 radical (unpaired) electrons. The maximum atomic E-state index is 13.2. The molecule has 142 valence electrons. The first kappa shape index (κ1) is 17.7. The molecule has 1 aromatic carbocycles. The number of aliphatic hydroxyl groups is 1. The summed E-state index contributed by atoms with van der Waals surface area (Å²) in [5, 5.41) is 17.8. The summed E-state index contributed by atoms with van der Waals surface area (Å²) in [6.45, 7) is 0. The van der Waals surface area contributed by atoms with Crippen LogP contribution >= 0.6 is 0 Å². The Morgan fingerprint density at radius 1 is 1.31 bits per heavy atom. The van der Waals surface area contributed by atoms with E-state index in [2.05, 4.69) is 19.6 Å². The molecule has 1 unspecified atom stereocenters. The number of aromatic nitrogens is 2. The molecule has 26 heavy (non-hydrogen) atoms. The molecule has 0 spiro atoms. The molecule has 4 N–H and O–H groups in total. The van der Waals surface area contributed by atoms with Gasteiger partial charge in [-0.05, 0) is 42.4 Å². The number of nitrogens with one attached hydrogen (secondary N) is 3. The highest BCUT2D eigenvalue weighted by Crippen LogP contribution is 2.60. The number of hydrogen-bond acceptors (Lipinski definition) is 4. The molecular formula is C15H17F3N4O3S. The van der Waals surface area contributed by atoms with E-state index in [1.807, 2.05) is 0 Å². The summed E-state index contributed by atoms with van der Waals surface area (Å²) in [7, 11) is -2.31. The van der Waals surface area contributed by atoms with Gasteiger partial charge in [0, 0.05) is 18.5 Å². The van der Waals surface area contributed by atoms with Crippen molar-refractivity contribution in [3.05, 3.63) is 29.5 Å². The lowest BCUT2D eigenvalue weighted by Crippen LogP contribution is -2.39. The summed E-state index contributed by atoms with van der Waals surface area (Å²) < 4.78 is 67.4. The van der Waals surface area contributed by atoms with Gasteiger partial charge in [0.15, 0.2) is 0 Å². The van der Waals surface area contributed by atoms with Gasteiger partial charge in [-0.25, -0.2) is 4.72 Å². The number of rotatable bonds is 4. The third-order valence-electron chi connectivity index (χ3n) is 5.43. The van der Waals surface area contributed by atoms with Gasteiger partial charge in [-0.2, -0.15) is 31.4 Å². The number of hydrogen-bond donors (Lipinski definition) is 4. The highest BCUT2D eigenvalue weighted by Gasteiger charge is 2.62. The van der Waals surface area contributed by atoms with Crippen LogP contribution in [-0.4, -0.2) is 36.8 Å². The standard InChI is InChI=1S/C15H17F3N4O3S/c1-19-26(24,25)22-13-8-4-14(23,5-9(8)13)11-2-7(15(16,17)18)3-12-10(11)6-20-21-12/h2-3,6,8-9,13,19,22-23H,4-5H2,1H3,(H,20,21)/t8-,9+,13?,14+. The van der Waals surface area contributed by atoms with Crippen molar-refractivity contribution in [3.63, 3.8) is 0 Å². The summed E-state index contributed by atoms with van der Waals surface area (Å²) in [5.41, 5.74) is -1.92. The molecule has 4 atom stereocenters. The number of fused-ring (bicyclic) bond motifs is 2. The molecule has 0 amide bonds. The van der Waals surface area contributed by atoms with E-state index in [9.17, 15) is 26.7 Å². The first-order valence-corrected chi connectivity index (χ1v) is 9.50. The average molecular weight is 390 g/mol. The second kappa shape index (κ2) is 5.41. The fourth-order valence-corrected chi connectivity index (χ4v) is 4.92. The van der Waals surface area contributed by atoms with E-state index in [0.29, 0.717) is 5.39 Å². The van der Waals surface area contributed by atoms with Crippen molar-refractivity contribution >= 4 is 21.1 Å². The SMILES string of the molecule is CNS(=O)(=O)NC1[C@H]2C[C@](O)(c3cc(C(F)(F)F)cc4[nH]ncc34)C[C@@H]12. The second-order valence-corrected chi connectivity index (χ2v) is 8.62. The normalized spacial score (nSPS) is 31.3. The number of H-pyrrole nitrogens is 1. The summed E-state index contributed by atoms with van der Waals surface area (Å²) in [6, 6.07) is 1.63. The van der Waals surface area contributed by atoms with Crippen molar-refractivity contribution in [3.8, 4) is 0 Å². The molecule has 0 aliphatic heterocycles. The minimum atomic E-state index is -4.54. The zero-order valence-corrected chi connectivity index (χ0v) is 14.4. The van der Waals surface area contributed by atoms with Crippen LogP contribution in [0.1, 0.15) is 24.0 Å². The number of benzene rings is 1. The van der Waals surface area contributed by atoms with Gasteiger partial charge >= 0.3 is 6.18 Å². The summed E-state index contributed by atoms with van der Waals surface area (Å²) in [6.07, 6.45) is -2.77. The Balaban J connectivity index is 1.65. The molecule has 0 saturated heterocycles. The molecule has 2 aromatic rings. The van der Waals surface area contributed by atoms with E-state index in [1.165, 1.54) is 13.2 Å². The third-order valence-corrected chi connectivity index (χ3v) is 6.55. The topological polar surface area (TPSA) is 107 Å². The predicted octanol–water partition coefficient (Wildman–Crippen LogP) is 1.23. The fourth-order valence-electron chi connectivity index (χ4n) is 4.10. The van der Waals surface area contributed by atoms with Crippen molar-refractivity contribution in [1.29, 1.82) is 0 Å². The van der Waals surface area contributed by atoms with E-state index in [4.69, 9.17) is 0 Å². The molecule has 2 fully saturated rings. The lowest BCUT2D eigenvalue weighted by atomic mass is 9.85. The average Bonchev–Trinajstić information content (AvgIpc) is 2.97. The van der Waals surface area contributed by atoms with Crippen LogP contribution < -0.4 is 9.44 Å². The Morgan fingerprint density at radius 2 is 1.96 bits per heavy atom. The van der Waals surface area contributed by atoms with Crippen LogP contribution in [0.5, 0.6) is 0 Å². The predicted molar refractivity (Wildman–Crippen MR) is 86.1 cm³/mol. The first-order chi connectivity index (χ1) is 12.0. The van der Waals surface area contributed by atoms with Gasteiger partial charge in [0.2, 0.25) is 0 Å². The molecule has 7 nitrogen and oxygen atoms in total. The van der Waals surface area contributed by atoms with Crippen LogP contribution in [0.4, 0.5) is 13.2 Å². The van der Waals surface area contributed by atoms with Crippen molar-refractivity contribution in [1.82, 2.24) is 19.6 Å². The molecule has 11 heteroatoms. The molecular weight excluding hydrogens is 373 g/mol. The smallest absolute Gasteiger partial charge is 0.385 e. The molecule has 0 bridgehead atoms. The van der Waals surface area contributed by atoms with E-state index < -0.39 is 27.6 Å². The molecule has 2 saturated carbocycles. The molecule has 2 aliphatic rings. The van der Waals surface area contributed by atoms with Gasteiger partial charge in [-0.3, -0.25) is 5.10 Å². The van der Waals surface area contributed by atoms with E-state index in [1.54, 1.807) is 0 Å². The van der Waals surface area contributed by atoms with E-state index in [0.717, 1.165) is 12.1 Å². The first-order valence-electron chi connectivity index (χ1n) is 8.02. The summed E-state index contributed by atoms with van der Waals surface area (Å²) in [4.78, 5) is 0. The Hall–Kier alpha value is -1.69. The third kappa shape index (κ3) is 2.79. The van der Waals surface area contributed by atoms with Crippen molar-refractivity contribution in [2.45, 2.75) is 30.7 Å². The quantitative estimate of drug-likeness (QED) is 0.630. The zero-order valence-electron chi connectivity index (χ0n) is 13.6. The molecule has 2 aliphatic carbocycles. The molecule has 1 heterocycles. The number of nitrogens with zero attached hydrogens (tertiary/aromatic N) is 1. The number of aromatic amines is 1. The number of halogens is 3. The second-order valence-electron chi connectivity index (χ2n) is 6.97. The monoisotopic (exact) mass is 390 g/mol. The lowest BCUT2D eigenvalue weighted by molar-refractivity contribution is -0.137. The van der Waals surface area contributed by atoms with Crippen molar-refractivity contribution < 1.29 is 26.7 Å². The van der Waals surface area contributed by atoms with Crippen LogP contribution in [0.25, 0.3) is 10.9 Å². The van der Waals surface area contributed by atoms with Crippen LogP contribution in [0.3, 0.4) is 0 Å². The maximum Gasteiger partial charge on any atom is 0.416 e.